The molecule has 2 aliphatic rings. The summed E-state index contributed by atoms with van der Waals surface area (Å²) in [4.78, 5) is 17.9. The second-order valence-corrected chi connectivity index (χ2v) is 11.3. The number of sulfonamides is 1. The number of benzene rings is 2. The maximum Gasteiger partial charge on any atom is 0.254 e. The maximum absolute atomic E-state index is 13.4. The molecule has 2 aromatic carbocycles. The molecule has 4 rings (SSSR count). The molecule has 2 heterocycles. The van der Waals surface area contributed by atoms with E-state index >= 15 is 0 Å². The Morgan fingerprint density at radius 1 is 0.818 bits per heavy atom. The van der Waals surface area contributed by atoms with E-state index in [-0.39, 0.29) is 10.8 Å². The monoisotopic (exact) mass is 469 g/mol. The molecule has 0 spiro atoms. The average Bonchev–Trinajstić information content (AvgIpc) is 3.06. The van der Waals surface area contributed by atoms with E-state index in [0.717, 1.165) is 50.9 Å². The summed E-state index contributed by atoms with van der Waals surface area (Å²) >= 11 is 0. The van der Waals surface area contributed by atoms with Crippen molar-refractivity contribution in [2.75, 3.05) is 39.3 Å². The number of hydrogen-bond donors (Lipinski definition) is 0. The molecule has 178 valence electrons. The van der Waals surface area contributed by atoms with Gasteiger partial charge in [-0.2, -0.15) is 4.31 Å². The Hall–Kier alpha value is -2.22. The molecule has 6 nitrogen and oxygen atoms in total. The van der Waals surface area contributed by atoms with Gasteiger partial charge in [0.05, 0.1) is 4.90 Å². The minimum atomic E-state index is -3.56. The highest BCUT2D eigenvalue weighted by atomic mass is 32.2. The highest BCUT2D eigenvalue weighted by Crippen LogP contribution is 2.24. The van der Waals surface area contributed by atoms with Crippen molar-refractivity contribution >= 4 is 15.9 Å². The van der Waals surface area contributed by atoms with Crippen LogP contribution in [0.25, 0.3) is 0 Å². The molecule has 2 saturated heterocycles. The summed E-state index contributed by atoms with van der Waals surface area (Å²) in [6.07, 6.45) is 3.76. The van der Waals surface area contributed by atoms with Gasteiger partial charge in [0.25, 0.3) is 5.91 Å². The van der Waals surface area contributed by atoms with Gasteiger partial charge in [-0.25, -0.2) is 8.42 Å². The zero-order valence-electron chi connectivity index (χ0n) is 19.8. The second kappa shape index (κ2) is 10.4. The van der Waals surface area contributed by atoms with Crippen molar-refractivity contribution in [2.45, 2.75) is 51.0 Å². The van der Waals surface area contributed by atoms with Crippen LogP contribution in [0, 0.1) is 13.8 Å². The Labute approximate surface area is 198 Å². The number of rotatable bonds is 5. The van der Waals surface area contributed by atoms with Crippen LogP contribution >= 0.6 is 0 Å². The van der Waals surface area contributed by atoms with Gasteiger partial charge in [0.15, 0.2) is 0 Å². The van der Waals surface area contributed by atoms with E-state index in [1.807, 2.05) is 11.8 Å². The average molecular weight is 470 g/mol. The van der Waals surface area contributed by atoms with Crippen molar-refractivity contribution in [1.82, 2.24) is 14.1 Å². The van der Waals surface area contributed by atoms with Crippen LogP contribution in [0.15, 0.2) is 47.4 Å². The van der Waals surface area contributed by atoms with E-state index < -0.39 is 10.0 Å². The molecule has 0 N–H and O–H groups in total. The van der Waals surface area contributed by atoms with Crippen LogP contribution in [0.2, 0.25) is 0 Å². The lowest BCUT2D eigenvalue weighted by molar-refractivity contribution is 0.0760. The van der Waals surface area contributed by atoms with Crippen molar-refractivity contribution < 1.29 is 13.2 Å². The van der Waals surface area contributed by atoms with Gasteiger partial charge < -0.3 is 4.90 Å². The Morgan fingerprint density at radius 3 is 2.27 bits per heavy atom. The molecule has 33 heavy (non-hydrogen) atoms. The topological polar surface area (TPSA) is 60.9 Å². The first-order valence-electron chi connectivity index (χ1n) is 12.0. The molecule has 0 bridgehead atoms. The predicted octanol–water partition coefficient (Wildman–Crippen LogP) is 3.83. The fourth-order valence-electron chi connectivity index (χ4n) is 4.70. The Kier molecular flexibility index (Phi) is 7.51. The number of carbonyl (C=O) groups excluding carboxylic acids is 1. The van der Waals surface area contributed by atoms with Crippen molar-refractivity contribution in [3.63, 3.8) is 0 Å². The standard InChI is InChI=1S/C26H35N3O3S/c1-21-7-10-23(11-8-21)20-27-13-6-14-28(18-17-27)26(30)25-19-24(12-9-22(25)2)33(31,32)29-15-4-3-5-16-29/h7-12,19H,3-6,13-18,20H2,1-2H3. The molecular formula is C26H35N3O3S. The van der Waals surface area contributed by atoms with Gasteiger partial charge in [-0.1, -0.05) is 42.3 Å². The minimum absolute atomic E-state index is 0.0691. The zero-order chi connectivity index (χ0) is 23.4. The number of amides is 1. The highest BCUT2D eigenvalue weighted by Gasteiger charge is 2.28. The molecule has 0 saturated carbocycles. The van der Waals surface area contributed by atoms with E-state index in [2.05, 4.69) is 36.1 Å². The van der Waals surface area contributed by atoms with Crippen LogP contribution in [0.3, 0.4) is 0 Å². The first-order chi connectivity index (χ1) is 15.8. The second-order valence-electron chi connectivity index (χ2n) is 9.35. The van der Waals surface area contributed by atoms with E-state index in [0.29, 0.717) is 31.7 Å². The van der Waals surface area contributed by atoms with Crippen LogP contribution in [-0.2, 0) is 16.6 Å². The lowest BCUT2D eigenvalue weighted by Crippen LogP contribution is -2.37. The molecule has 0 unspecified atom stereocenters. The van der Waals surface area contributed by atoms with Gasteiger partial charge in [0, 0.05) is 51.4 Å². The molecule has 0 aromatic heterocycles. The first kappa shape index (κ1) is 23.9. The van der Waals surface area contributed by atoms with Gasteiger partial charge in [-0.15, -0.1) is 0 Å². The number of hydrogen-bond acceptors (Lipinski definition) is 4. The third kappa shape index (κ3) is 5.65. The van der Waals surface area contributed by atoms with Crippen LogP contribution in [-0.4, -0.2) is 67.7 Å². The van der Waals surface area contributed by atoms with Gasteiger partial charge in [0.1, 0.15) is 0 Å². The summed E-state index contributed by atoms with van der Waals surface area (Å²) in [5.41, 5.74) is 3.86. The predicted molar refractivity (Wildman–Crippen MR) is 131 cm³/mol. The maximum atomic E-state index is 13.4. The van der Waals surface area contributed by atoms with Crippen LogP contribution in [0.4, 0.5) is 0 Å². The summed E-state index contributed by atoms with van der Waals surface area (Å²) in [7, 11) is -3.56. The van der Waals surface area contributed by atoms with Crippen LogP contribution in [0.1, 0.15) is 52.7 Å². The van der Waals surface area contributed by atoms with Crippen LogP contribution in [0.5, 0.6) is 0 Å². The normalized spacial score (nSPS) is 18.8. The molecule has 1 amide bonds. The fraction of sp³-hybridized carbons (Fsp3) is 0.500. The minimum Gasteiger partial charge on any atom is -0.337 e. The van der Waals surface area contributed by atoms with Gasteiger partial charge in [0.2, 0.25) is 10.0 Å². The molecule has 7 heteroatoms. The van der Waals surface area contributed by atoms with Gasteiger partial charge >= 0.3 is 0 Å². The molecule has 2 aliphatic heterocycles. The highest BCUT2D eigenvalue weighted by molar-refractivity contribution is 7.89. The van der Waals surface area contributed by atoms with Crippen molar-refractivity contribution in [2.24, 2.45) is 0 Å². The van der Waals surface area contributed by atoms with E-state index in [1.54, 1.807) is 22.5 Å². The SMILES string of the molecule is Cc1ccc(CN2CCCN(C(=O)c3cc(S(=O)(=O)N4CCCCC4)ccc3C)CC2)cc1. The van der Waals surface area contributed by atoms with Crippen molar-refractivity contribution in [3.05, 3.63) is 64.7 Å². The number of nitrogens with zero attached hydrogens (tertiary/aromatic N) is 3. The molecule has 2 fully saturated rings. The van der Waals surface area contributed by atoms with Gasteiger partial charge in [-0.3, -0.25) is 9.69 Å². The smallest absolute Gasteiger partial charge is 0.254 e. The molecule has 2 aromatic rings. The van der Waals surface area contributed by atoms with Crippen molar-refractivity contribution in [1.29, 1.82) is 0 Å². The molecule has 0 aliphatic carbocycles. The molecular weight excluding hydrogens is 434 g/mol. The third-order valence-electron chi connectivity index (χ3n) is 6.79. The third-order valence-corrected chi connectivity index (χ3v) is 8.69. The van der Waals surface area contributed by atoms with E-state index in [9.17, 15) is 13.2 Å². The quantitative estimate of drug-likeness (QED) is 0.668. The van der Waals surface area contributed by atoms with Gasteiger partial charge in [-0.05, 0) is 56.4 Å². The lowest BCUT2D eigenvalue weighted by Gasteiger charge is -2.26. The summed E-state index contributed by atoms with van der Waals surface area (Å²) in [5, 5.41) is 0. The Bertz CT molecular complexity index is 1080. The van der Waals surface area contributed by atoms with E-state index in [4.69, 9.17) is 0 Å². The molecule has 0 atom stereocenters. The summed E-state index contributed by atoms with van der Waals surface area (Å²) in [5.74, 6) is -0.0691. The zero-order valence-corrected chi connectivity index (χ0v) is 20.6. The number of carbonyl (C=O) groups is 1. The Morgan fingerprint density at radius 2 is 1.55 bits per heavy atom. The Balaban J connectivity index is 1.46. The number of piperidine rings is 1. The summed E-state index contributed by atoms with van der Waals surface area (Å²) < 4.78 is 27.8. The van der Waals surface area contributed by atoms with Crippen LogP contribution < -0.4 is 0 Å². The summed E-state index contributed by atoms with van der Waals surface area (Å²) in [6.45, 7) is 9.05. The number of aryl methyl sites for hydroxylation is 2. The first-order valence-corrected chi connectivity index (χ1v) is 13.5. The molecule has 0 radical (unpaired) electrons. The van der Waals surface area contributed by atoms with Crippen molar-refractivity contribution in [3.8, 4) is 0 Å². The van der Waals surface area contributed by atoms with E-state index in [1.165, 1.54) is 11.1 Å². The summed E-state index contributed by atoms with van der Waals surface area (Å²) in [6, 6.07) is 13.6. The lowest BCUT2D eigenvalue weighted by atomic mass is 10.1. The fourth-order valence-corrected chi connectivity index (χ4v) is 6.24. The largest absolute Gasteiger partial charge is 0.337 e.